The number of carbonyl (C=O) groups excluding carboxylic acids is 1. The normalized spacial score (nSPS) is 23.6. The molecule has 20 heavy (non-hydrogen) atoms. The Hall–Kier alpha value is -1.36. The van der Waals surface area contributed by atoms with Crippen molar-refractivity contribution in [3.8, 4) is 0 Å². The van der Waals surface area contributed by atoms with Crippen LogP contribution in [0.25, 0.3) is 0 Å². The molecule has 5 heteroatoms. The fourth-order valence-corrected chi connectivity index (χ4v) is 2.40. The molecule has 1 aliphatic carbocycles. The molecule has 0 heterocycles. The molecule has 0 aromatic heterocycles. The highest BCUT2D eigenvalue weighted by atomic mass is 19.4. The van der Waals surface area contributed by atoms with E-state index in [0.717, 1.165) is 49.7 Å². The number of ether oxygens (including phenoxy) is 1. The summed E-state index contributed by atoms with van der Waals surface area (Å²) < 4.78 is 42.9. The van der Waals surface area contributed by atoms with Crippen LogP contribution >= 0.6 is 0 Å². The molecule has 0 N–H and O–H groups in total. The van der Waals surface area contributed by atoms with Gasteiger partial charge in [-0.25, -0.2) is 0 Å². The number of alkyl halides is 3. The highest BCUT2D eigenvalue weighted by Gasteiger charge is 2.30. The number of benzene rings is 1. The summed E-state index contributed by atoms with van der Waals surface area (Å²) in [5.41, 5.74) is 0.0863. The van der Waals surface area contributed by atoms with Crippen molar-refractivity contribution in [3.63, 3.8) is 0 Å². The Labute approximate surface area is 115 Å². The molecule has 1 saturated carbocycles. The van der Waals surface area contributed by atoms with Crippen LogP contribution in [0.2, 0.25) is 0 Å². The average molecular weight is 286 g/mol. The molecule has 110 valence electrons. The van der Waals surface area contributed by atoms with Crippen LogP contribution in [0.15, 0.2) is 24.3 Å². The lowest BCUT2D eigenvalue weighted by Crippen LogP contribution is -2.22. The van der Waals surface area contributed by atoms with Crippen molar-refractivity contribution in [2.24, 2.45) is 5.92 Å². The minimum absolute atomic E-state index is 0.105. The van der Waals surface area contributed by atoms with E-state index in [1.165, 1.54) is 12.1 Å². The van der Waals surface area contributed by atoms with E-state index in [1.807, 2.05) is 0 Å². The summed E-state index contributed by atoms with van der Waals surface area (Å²) in [6.07, 6.45) is 0.142. The van der Waals surface area contributed by atoms with Gasteiger partial charge in [0.1, 0.15) is 6.29 Å². The number of aldehydes is 1. The fraction of sp³-hybridized carbons (Fsp3) is 0.533. The van der Waals surface area contributed by atoms with Gasteiger partial charge in [0.25, 0.3) is 0 Å². The number of carbonyl (C=O) groups is 1. The Balaban J connectivity index is 1.81. The van der Waals surface area contributed by atoms with E-state index in [9.17, 15) is 18.0 Å². The summed E-state index contributed by atoms with van der Waals surface area (Å²) in [5, 5.41) is 0. The zero-order valence-corrected chi connectivity index (χ0v) is 11.0. The highest BCUT2D eigenvalue weighted by molar-refractivity contribution is 5.53. The van der Waals surface area contributed by atoms with Crippen molar-refractivity contribution in [1.29, 1.82) is 0 Å². The number of rotatable bonds is 4. The largest absolute Gasteiger partial charge is 0.416 e. The molecule has 1 aromatic carbocycles. The van der Waals surface area contributed by atoms with Gasteiger partial charge in [-0.05, 0) is 43.4 Å². The number of halogens is 3. The van der Waals surface area contributed by atoms with Crippen LogP contribution in [-0.4, -0.2) is 12.4 Å². The van der Waals surface area contributed by atoms with Crippen LogP contribution in [0.1, 0.15) is 36.8 Å². The predicted molar refractivity (Wildman–Crippen MR) is 68.0 cm³/mol. The van der Waals surface area contributed by atoms with E-state index < -0.39 is 11.7 Å². The SMILES string of the molecule is O=CC1CCC(OCc2ccc(C(F)(F)F)cc2)CC1. The van der Waals surface area contributed by atoms with Crippen molar-refractivity contribution < 1.29 is 22.7 Å². The van der Waals surface area contributed by atoms with Gasteiger partial charge in [0.05, 0.1) is 18.3 Å². The third-order valence-electron chi connectivity index (χ3n) is 3.68. The molecule has 1 aliphatic rings. The second kappa shape index (κ2) is 6.39. The van der Waals surface area contributed by atoms with Gasteiger partial charge >= 0.3 is 6.18 Å². The molecule has 0 bridgehead atoms. The topological polar surface area (TPSA) is 26.3 Å². The van der Waals surface area contributed by atoms with Crippen molar-refractivity contribution in [3.05, 3.63) is 35.4 Å². The summed E-state index contributed by atoms with van der Waals surface area (Å²) in [5.74, 6) is 0.140. The first-order chi connectivity index (χ1) is 9.49. The van der Waals surface area contributed by atoms with E-state index in [-0.39, 0.29) is 12.0 Å². The van der Waals surface area contributed by atoms with Gasteiger partial charge in [0.15, 0.2) is 0 Å². The highest BCUT2D eigenvalue weighted by Crippen LogP contribution is 2.29. The maximum atomic E-state index is 12.4. The summed E-state index contributed by atoms with van der Waals surface area (Å²) in [7, 11) is 0. The van der Waals surface area contributed by atoms with Gasteiger partial charge in [0, 0.05) is 5.92 Å². The van der Waals surface area contributed by atoms with Gasteiger partial charge in [-0.15, -0.1) is 0 Å². The fourth-order valence-electron chi connectivity index (χ4n) is 2.40. The van der Waals surface area contributed by atoms with Crippen LogP contribution in [-0.2, 0) is 22.3 Å². The molecule has 0 amide bonds. The lowest BCUT2D eigenvalue weighted by molar-refractivity contribution is -0.137. The summed E-state index contributed by atoms with van der Waals surface area (Å²) in [6, 6.07) is 5.03. The molecular formula is C15H17F3O2. The number of hydrogen-bond acceptors (Lipinski definition) is 2. The van der Waals surface area contributed by atoms with Crippen molar-refractivity contribution in [2.75, 3.05) is 0 Å². The summed E-state index contributed by atoms with van der Waals surface area (Å²) >= 11 is 0. The van der Waals surface area contributed by atoms with Gasteiger partial charge in [-0.1, -0.05) is 12.1 Å². The zero-order valence-electron chi connectivity index (χ0n) is 11.0. The molecule has 1 fully saturated rings. The summed E-state index contributed by atoms with van der Waals surface area (Å²) in [6.45, 7) is 0.314. The second-order valence-electron chi connectivity index (χ2n) is 5.18. The Morgan fingerprint density at radius 1 is 1.10 bits per heavy atom. The lowest BCUT2D eigenvalue weighted by atomic mass is 9.88. The molecule has 1 aromatic rings. The molecule has 0 radical (unpaired) electrons. The molecule has 2 rings (SSSR count). The molecule has 0 saturated heterocycles. The maximum Gasteiger partial charge on any atom is 0.416 e. The van der Waals surface area contributed by atoms with Gasteiger partial charge in [-0.3, -0.25) is 0 Å². The van der Waals surface area contributed by atoms with Crippen molar-refractivity contribution in [1.82, 2.24) is 0 Å². The Morgan fingerprint density at radius 2 is 1.70 bits per heavy atom. The average Bonchev–Trinajstić information content (AvgIpc) is 2.45. The van der Waals surface area contributed by atoms with Crippen molar-refractivity contribution in [2.45, 2.75) is 44.6 Å². The zero-order chi connectivity index (χ0) is 14.6. The molecule has 2 nitrogen and oxygen atoms in total. The van der Waals surface area contributed by atoms with Crippen LogP contribution in [0, 0.1) is 5.92 Å². The molecule has 0 spiro atoms. The minimum atomic E-state index is -4.30. The van der Waals surface area contributed by atoms with E-state index in [0.29, 0.717) is 6.61 Å². The van der Waals surface area contributed by atoms with Crippen molar-refractivity contribution >= 4 is 6.29 Å². The van der Waals surface area contributed by atoms with Crippen LogP contribution in [0.3, 0.4) is 0 Å². The smallest absolute Gasteiger partial charge is 0.374 e. The Morgan fingerprint density at radius 3 is 2.20 bits per heavy atom. The minimum Gasteiger partial charge on any atom is -0.374 e. The van der Waals surface area contributed by atoms with Crippen LogP contribution in [0.5, 0.6) is 0 Å². The van der Waals surface area contributed by atoms with Gasteiger partial charge in [0.2, 0.25) is 0 Å². The standard InChI is InChI=1S/C15H17F3O2/c16-15(17,18)13-5-1-12(2-6-13)10-20-14-7-3-11(9-19)4-8-14/h1-2,5-6,9,11,14H,3-4,7-8,10H2. The third-order valence-corrected chi connectivity index (χ3v) is 3.68. The van der Waals surface area contributed by atoms with E-state index in [2.05, 4.69) is 0 Å². The number of hydrogen-bond donors (Lipinski definition) is 0. The first kappa shape index (κ1) is 15.0. The van der Waals surface area contributed by atoms with Gasteiger partial charge < -0.3 is 9.53 Å². The molecule has 0 aliphatic heterocycles. The van der Waals surface area contributed by atoms with E-state index in [4.69, 9.17) is 4.74 Å². The second-order valence-corrected chi connectivity index (χ2v) is 5.18. The van der Waals surface area contributed by atoms with E-state index in [1.54, 1.807) is 0 Å². The Kier molecular flexibility index (Phi) is 4.81. The van der Waals surface area contributed by atoms with Gasteiger partial charge in [-0.2, -0.15) is 13.2 Å². The molecule has 0 atom stereocenters. The predicted octanol–water partition coefficient (Wildman–Crippen LogP) is 3.98. The Bertz CT molecular complexity index is 431. The quantitative estimate of drug-likeness (QED) is 0.783. The maximum absolute atomic E-state index is 12.4. The third kappa shape index (κ3) is 4.07. The molecular weight excluding hydrogens is 269 g/mol. The first-order valence-corrected chi connectivity index (χ1v) is 6.72. The van der Waals surface area contributed by atoms with E-state index >= 15 is 0 Å². The first-order valence-electron chi connectivity index (χ1n) is 6.72. The van der Waals surface area contributed by atoms with Crippen LogP contribution in [0.4, 0.5) is 13.2 Å². The lowest BCUT2D eigenvalue weighted by Gasteiger charge is -2.25. The molecule has 0 unspecified atom stereocenters. The monoisotopic (exact) mass is 286 g/mol. The van der Waals surface area contributed by atoms with Crippen LogP contribution < -0.4 is 0 Å². The summed E-state index contributed by atoms with van der Waals surface area (Å²) in [4.78, 5) is 10.6.